The van der Waals surface area contributed by atoms with Crippen LogP contribution in [-0.4, -0.2) is 31.4 Å². The second-order valence-corrected chi connectivity index (χ2v) is 13.8. The molecule has 0 bridgehead atoms. The molecule has 2 aromatic heterocycles. The van der Waals surface area contributed by atoms with Gasteiger partial charge >= 0.3 is 0 Å². The molecule has 0 unspecified atom stereocenters. The average molecular weight is 644 g/mol. The van der Waals surface area contributed by atoms with E-state index in [2.05, 4.69) is 98.9 Å². The van der Waals surface area contributed by atoms with E-state index in [0.717, 1.165) is 42.5 Å². The summed E-state index contributed by atoms with van der Waals surface area (Å²) >= 11 is 4.78. The Hall–Kier alpha value is -4.44. The van der Waals surface area contributed by atoms with Crippen molar-refractivity contribution in [3.05, 3.63) is 144 Å². The monoisotopic (exact) mass is 643 g/mol. The van der Waals surface area contributed by atoms with Gasteiger partial charge in [-0.05, 0) is 45.7 Å². The number of benzene rings is 5. The first-order valence-electron chi connectivity index (χ1n) is 14.6. The van der Waals surface area contributed by atoms with Crippen LogP contribution >= 0.6 is 34.9 Å². The third kappa shape index (κ3) is 7.12. The van der Waals surface area contributed by atoms with Gasteiger partial charge in [0.15, 0.2) is 9.50 Å². The van der Waals surface area contributed by atoms with Crippen LogP contribution in [0.15, 0.2) is 131 Å². The number of hydrogen-bond acceptors (Lipinski definition) is 7. The smallest absolute Gasteiger partial charge is 0.234 e. The number of nitrogens with zero attached hydrogens (tertiary/aromatic N) is 4. The van der Waals surface area contributed by atoms with Gasteiger partial charge in [0.05, 0.1) is 22.5 Å². The van der Waals surface area contributed by atoms with E-state index in [4.69, 9.17) is 4.98 Å². The minimum Gasteiger partial charge on any atom is -0.325 e. The number of thioether (sulfide) groups is 2. The van der Waals surface area contributed by atoms with Gasteiger partial charge in [0, 0.05) is 17.9 Å². The predicted octanol–water partition coefficient (Wildman–Crippen LogP) is 8.70. The largest absolute Gasteiger partial charge is 0.325 e. The van der Waals surface area contributed by atoms with E-state index in [1.807, 2.05) is 42.5 Å². The number of nitrogens with one attached hydrogen (secondary N) is 1. The molecule has 0 spiro atoms. The van der Waals surface area contributed by atoms with Crippen LogP contribution in [0.25, 0.3) is 21.0 Å². The lowest BCUT2D eigenvalue weighted by Crippen LogP contribution is -2.15. The molecule has 0 saturated heterocycles. The van der Waals surface area contributed by atoms with Gasteiger partial charge in [-0.3, -0.25) is 4.79 Å². The molecule has 5 aromatic carbocycles. The molecule has 0 saturated carbocycles. The molecule has 0 aliphatic heterocycles. The fourth-order valence-corrected chi connectivity index (χ4v) is 8.01. The topological polar surface area (TPSA) is 72.7 Å². The maximum Gasteiger partial charge on any atom is 0.234 e. The molecule has 6 nitrogen and oxygen atoms in total. The molecule has 7 aromatic rings. The van der Waals surface area contributed by atoms with Crippen LogP contribution in [0.2, 0.25) is 0 Å². The maximum absolute atomic E-state index is 13.1. The minimum absolute atomic E-state index is 0.0904. The third-order valence-electron chi connectivity index (χ3n) is 7.40. The van der Waals surface area contributed by atoms with Crippen molar-refractivity contribution in [2.45, 2.75) is 28.2 Å². The third-order valence-corrected chi connectivity index (χ3v) is 10.6. The van der Waals surface area contributed by atoms with Crippen LogP contribution in [0.4, 0.5) is 5.69 Å². The SMILES string of the molecule is O=C(CSc1nnc(Cc2cccc3ccccc23)n1Cc1ccccc1)Nc1ccc2nc(SCc3ccccc3)sc2c1. The molecule has 2 heterocycles. The molecule has 222 valence electrons. The Morgan fingerprint density at radius 3 is 2.38 bits per heavy atom. The molecular weight excluding hydrogens is 615 g/mol. The lowest BCUT2D eigenvalue weighted by Gasteiger charge is -2.12. The molecule has 0 radical (unpaired) electrons. The first-order chi connectivity index (χ1) is 22.2. The van der Waals surface area contributed by atoms with Gasteiger partial charge in [-0.2, -0.15) is 0 Å². The van der Waals surface area contributed by atoms with E-state index in [1.165, 1.54) is 33.7 Å². The number of aromatic nitrogens is 4. The molecule has 0 fully saturated rings. The summed E-state index contributed by atoms with van der Waals surface area (Å²) in [6, 6.07) is 41.3. The Labute approximate surface area is 273 Å². The number of amides is 1. The van der Waals surface area contributed by atoms with Gasteiger partial charge in [0.1, 0.15) is 5.82 Å². The molecule has 1 N–H and O–H groups in total. The average Bonchev–Trinajstić information content (AvgIpc) is 3.66. The number of fused-ring (bicyclic) bond motifs is 2. The van der Waals surface area contributed by atoms with Crippen molar-refractivity contribution in [2.24, 2.45) is 0 Å². The number of thiazole rings is 1. The summed E-state index contributed by atoms with van der Waals surface area (Å²) in [6.45, 7) is 0.630. The van der Waals surface area contributed by atoms with Crippen LogP contribution in [0.5, 0.6) is 0 Å². The zero-order valence-electron chi connectivity index (χ0n) is 24.3. The van der Waals surface area contributed by atoms with E-state index in [9.17, 15) is 4.79 Å². The summed E-state index contributed by atoms with van der Waals surface area (Å²) in [5.41, 5.74) is 5.33. The standard InChI is InChI=1S/C36H29N5OS3/c42-34(37-29-18-19-31-32(21-29)45-36(38-31)44-23-26-12-5-2-6-13-26)24-43-35-40-39-33(41(35)22-25-10-3-1-4-11-25)20-28-16-9-15-27-14-7-8-17-30(27)28/h1-19,21H,20,22-24H2,(H,37,42). The number of carbonyl (C=O) groups excluding carboxylic acids is 1. The highest BCUT2D eigenvalue weighted by atomic mass is 32.2. The Kier molecular flexibility index (Phi) is 8.90. The van der Waals surface area contributed by atoms with E-state index in [1.54, 1.807) is 23.1 Å². The fourth-order valence-electron chi connectivity index (χ4n) is 5.19. The molecule has 0 aliphatic carbocycles. The van der Waals surface area contributed by atoms with Crippen molar-refractivity contribution >= 4 is 67.4 Å². The van der Waals surface area contributed by atoms with Gasteiger partial charge < -0.3 is 9.88 Å². The summed E-state index contributed by atoms with van der Waals surface area (Å²) in [7, 11) is 0. The number of anilines is 1. The summed E-state index contributed by atoms with van der Waals surface area (Å²) in [6.07, 6.45) is 0.647. The van der Waals surface area contributed by atoms with Gasteiger partial charge in [-0.15, -0.1) is 21.5 Å². The molecule has 0 aliphatic rings. The van der Waals surface area contributed by atoms with Crippen molar-refractivity contribution in [3.8, 4) is 0 Å². The summed E-state index contributed by atoms with van der Waals surface area (Å²) in [5.74, 6) is 1.88. The Morgan fingerprint density at radius 1 is 0.778 bits per heavy atom. The van der Waals surface area contributed by atoms with Crippen molar-refractivity contribution in [2.75, 3.05) is 11.1 Å². The van der Waals surface area contributed by atoms with Gasteiger partial charge in [-0.1, -0.05) is 127 Å². The molecule has 9 heteroatoms. The predicted molar refractivity (Wildman–Crippen MR) is 187 cm³/mol. The zero-order valence-corrected chi connectivity index (χ0v) is 26.7. The van der Waals surface area contributed by atoms with E-state index >= 15 is 0 Å². The number of carbonyl (C=O) groups is 1. The van der Waals surface area contributed by atoms with Crippen molar-refractivity contribution in [1.82, 2.24) is 19.7 Å². The molecule has 1 amide bonds. The Morgan fingerprint density at radius 2 is 1.53 bits per heavy atom. The van der Waals surface area contributed by atoms with Crippen LogP contribution in [0.3, 0.4) is 0 Å². The first-order valence-corrected chi connectivity index (χ1v) is 17.4. The normalized spacial score (nSPS) is 11.3. The number of hydrogen-bond donors (Lipinski definition) is 1. The van der Waals surface area contributed by atoms with E-state index in [0.29, 0.717) is 13.0 Å². The van der Waals surface area contributed by atoms with Crippen LogP contribution in [0.1, 0.15) is 22.5 Å². The molecule has 7 rings (SSSR count). The van der Waals surface area contributed by atoms with Crippen LogP contribution in [0, 0.1) is 0 Å². The summed E-state index contributed by atoms with van der Waals surface area (Å²) < 4.78 is 4.20. The van der Waals surface area contributed by atoms with Crippen LogP contribution < -0.4 is 5.32 Å². The molecule has 45 heavy (non-hydrogen) atoms. The van der Waals surface area contributed by atoms with E-state index in [-0.39, 0.29) is 11.7 Å². The van der Waals surface area contributed by atoms with Gasteiger partial charge in [0.2, 0.25) is 5.91 Å². The highest BCUT2D eigenvalue weighted by Gasteiger charge is 2.17. The Bertz CT molecular complexity index is 2070. The lowest BCUT2D eigenvalue weighted by molar-refractivity contribution is -0.113. The highest BCUT2D eigenvalue weighted by Crippen LogP contribution is 2.33. The lowest BCUT2D eigenvalue weighted by atomic mass is 10.0. The quantitative estimate of drug-likeness (QED) is 0.142. The highest BCUT2D eigenvalue weighted by molar-refractivity contribution is 8.00. The van der Waals surface area contributed by atoms with Crippen molar-refractivity contribution < 1.29 is 4.79 Å². The zero-order chi connectivity index (χ0) is 30.4. The first kappa shape index (κ1) is 29.3. The fraction of sp³-hybridized carbons (Fsp3) is 0.111. The Balaban J connectivity index is 1.04. The minimum atomic E-state index is -0.0904. The summed E-state index contributed by atoms with van der Waals surface area (Å²) in [5, 5.41) is 15.3. The van der Waals surface area contributed by atoms with Crippen molar-refractivity contribution in [3.63, 3.8) is 0 Å². The second kappa shape index (κ2) is 13.7. The second-order valence-electron chi connectivity index (χ2n) is 10.6. The van der Waals surface area contributed by atoms with Crippen LogP contribution in [-0.2, 0) is 23.5 Å². The molecule has 0 atom stereocenters. The van der Waals surface area contributed by atoms with Crippen molar-refractivity contribution in [1.29, 1.82) is 0 Å². The number of rotatable bonds is 11. The maximum atomic E-state index is 13.1. The van der Waals surface area contributed by atoms with E-state index < -0.39 is 0 Å². The summed E-state index contributed by atoms with van der Waals surface area (Å²) in [4.78, 5) is 17.9. The molecular formula is C36H29N5OS3. The van der Waals surface area contributed by atoms with Gasteiger partial charge in [-0.25, -0.2) is 4.98 Å². The van der Waals surface area contributed by atoms with Gasteiger partial charge in [0.25, 0.3) is 0 Å².